The first-order valence-electron chi connectivity index (χ1n) is 5.12. The first-order chi connectivity index (χ1) is 8.37. The van der Waals surface area contributed by atoms with Gasteiger partial charge < -0.3 is 10.2 Å². The standard InChI is InChI=1S/C9H11F2N3O3S/c1-4-12-3-14(8(17)13-4)7-9(10,11)6(16)5(2-15)18-7/h3,5-7,15-16H,2H2,1H3/t5-,6-,7+/m1/s1. The van der Waals surface area contributed by atoms with Gasteiger partial charge in [-0.05, 0) is 6.92 Å². The zero-order valence-corrected chi connectivity index (χ0v) is 10.1. The van der Waals surface area contributed by atoms with E-state index < -0.39 is 34.9 Å². The van der Waals surface area contributed by atoms with Crippen molar-refractivity contribution in [1.29, 1.82) is 0 Å². The van der Waals surface area contributed by atoms with Gasteiger partial charge in [0.25, 0.3) is 0 Å². The van der Waals surface area contributed by atoms with Gasteiger partial charge in [0, 0.05) is 0 Å². The third kappa shape index (κ3) is 2.02. The van der Waals surface area contributed by atoms with Crippen molar-refractivity contribution in [2.24, 2.45) is 0 Å². The molecule has 2 N–H and O–H groups in total. The normalized spacial score (nSPS) is 30.6. The minimum atomic E-state index is -3.53. The molecule has 0 unspecified atom stereocenters. The van der Waals surface area contributed by atoms with Crippen LogP contribution in [0.1, 0.15) is 11.2 Å². The fraction of sp³-hybridized carbons (Fsp3) is 0.667. The molecule has 1 aromatic rings. The summed E-state index contributed by atoms with van der Waals surface area (Å²) in [5.74, 6) is -3.35. The van der Waals surface area contributed by atoms with Crippen molar-refractivity contribution in [3.8, 4) is 0 Å². The van der Waals surface area contributed by atoms with Crippen LogP contribution in [0.2, 0.25) is 0 Å². The lowest BCUT2D eigenvalue weighted by molar-refractivity contribution is -0.114. The van der Waals surface area contributed by atoms with Crippen LogP contribution >= 0.6 is 11.8 Å². The number of hydrogen-bond acceptors (Lipinski definition) is 6. The van der Waals surface area contributed by atoms with Gasteiger partial charge in [-0.15, -0.1) is 11.8 Å². The first kappa shape index (κ1) is 13.4. The Morgan fingerprint density at radius 1 is 1.61 bits per heavy atom. The summed E-state index contributed by atoms with van der Waals surface area (Å²) in [5.41, 5.74) is -0.856. The average molecular weight is 279 g/mol. The molecular weight excluding hydrogens is 268 g/mol. The van der Waals surface area contributed by atoms with Crippen molar-refractivity contribution >= 4 is 11.8 Å². The van der Waals surface area contributed by atoms with Crippen molar-refractivity contribution in [2.45, 2.75) is 29.6 Å². The van der Waals surface area contributed by atoms with Crippen LogP contribution in [0.4, 0.5) is 8.78 Å². The molecule has 0 bridgehead atoms. The minimum Gasteiger partial charge on any atom is -0.395 e. The number of aliphatic hydroxyl groups is 2. The lowest BCUT2D eigenvalue weighted by atomic mass is 10.1. The van der Waals surface area contributed by atoms with E-state index in [-0.39, 0.29) is 5.82 Å². The maximum Gasteiger partial charge on any atom is 0.351 e. The van der Waals surface area contributed by atoms with Gasteiger partial charge in [-0.1, -0.05) is 0 Å². The Morgan fingerprint density at radius 3 is 2.78 bits per heavy atom. The van der Waals surface area contributed by atoms with Crippen molar-refractivity contribution in [3.63, 3.8) is 0 Å². The molecule has 1 fully saturated rings. The summed E-state index contributed by atoms with van der Waals surface area (Å²) in [7, 11) is 0. The predicted molar refractivity (Wildman–Crippen MR) is 59.5 cm³/mol. The molecule has 2 heterocycles. The molecule has 0 aromatic carbocycles. The number of aryl methyl sites for hydroxylation is 1. The SMILES string of the molecule is Cc1ncn([C@H]2S[C@H](CO)[C@@H](O)C2(F)F)c(=O)n1. The molecule has 3 atom stereocenters. The Hall–Kier alpha value is -1.06. The van der Waals surface area contributed by atoms with Gasteiger partial charge in [0.05, 0.1) is 11.9 Å². The van der Waals surface area contributed by atoms with Crippen LogP contribution in [0.3, 0.4) is 0 Å². The van der Waals surface area contributed by atoms with E-state index in [1.54, 1.807) is 0 Å². The van der Waals surface area contributed by atoms with Crippen LogP contribution < -0.4 is 5.69 Å². The van der Waals surface area contributed by atoms with Gasteiger partial charge in [0.1, 0.15) is 18.3 Å². The van der Waals surface area contributed by atoms with E-state index in [1.165, 1.54) is 6.92 Å². The third-order valence-electron chi connectivity index (χ3n) is 2.66. The van der Waals surface area contributed by atoms with Crippen LogP contribution in [-0.4, -0.2) is 48.6 Å². The minimum absolute atomic E-state index is 0.182. The Bertz CT molecular complexity index is 510. The molecule has 1 aliphatic heterocycles. The Morgan fingerprint density at radius 2 is 2.28 bits per heavy atom. The van der Waals surface area contributed by atoms with E-state index in [2.05, 4.69) is 9.97 Å². The third-order valence-corrected chi connectivity index (χ3v) is 4.21. The van der Waals surface area contributed by atoms with E-state index in [9.17, 15) is 18.7 Å². The lowest BCUT2D eigenvalue weighted by Gasteiger charge is -2.21. The maximum absolute atomic E-state index is 13.8. The van der Waals surface area contributed by atoms with Gasteiger partial charge in [-0.3, -0.25) is 4.57 Å². The highest BCUT2D eigenvalue weighted by Gasteiger charge is 2.58. The molecule has 9 heteroatoms. The molecule has 100 valence electrons. The van der Waals surface area contributed by atoms with E-state index in [0.29, 0.717) is 16.3 Å². The molecular formula is C9H11F2N3O3S. The van der Waals surface area contributed by atoms with Crippen LogP contribution in [0, 0.1) is 6.92 Å². The van der Waals surface area contributed by atoms with E-state index >= 15 is 0 Å². The van der Waals surface area contributed by atoms with E-state index in [1.807, 2.05) is 0 Å². The molecule has 1 saturated heterocycles. The molecule has 1 aliphatic rings. The lowest BCUT2D eigenvalue weighted by Crippen LogP contribution is -2.41. The van der Waals surface area contributed by atoms with Crippen LogP contribution in [0.5, 0.6) is 0 Å². The van der Waals surface area contributed by atoms with Gasteiger partial charge in [-0.2, -0.15) is 4.98 Å². The first-order valence-corrected chi connectivity index (χ1v) is 6.06. The number of nitrogens with zero attached hydrogens (tertiary/aromatic N) is 3. The van der Waals surface area contributed by atoms with Gasteiger partial charge >= 0.3 is 11.6 Å². The van der Waals surface area contributed by atoms with Gasteiger partial charge in [0.2, 0.25) is 0 Å². The summed E-state index contributed by atoms with van der Waals surface area (Å²) in [4.78, 5) is 18.7. The van der Waals surface area contributed by atoms with Crippen LogP contribution in [0.25, 0.3) is 0 Å². The molecule has 2 rings (SSSR count). The summed E-state index contributed by atoms with van der Waals surface area (Å²) in [6.45, 7) is 0.871. The Kier molecular flexibility index (Phi) is 3.39. The fourth-order valence-corrected chi connectivity index (χ4v) is 3.04. The maximum atomic E-state index is 13.8. The highest BCUT2D eigenvalue weighted by Crippen LogP contribution is 2.51. The Labute approximate surface area is 105 Å². The summed E-state index contributed by atoms with van der Waals surface area (Å²) >= 11 is 0.632. The number of rotatable bonds is 2. The van der Waals surface area contributed by atoms with Crippen molar-refractivity contribution in [3.05, 3.63) is 22.6 Å². The zero-order valence-electron chi connectivity index (χ0n) is 9.33. The van der Waals surface area contributed by atoms with Crippen LogP contribution in [-0.2, 0) is 0 Å². The van der Waals surface area contributed by atoms with Gasteiger partial charge in [-0.25, -0.2) is 18.6 Å². The predicted octanol–water partition coefficient (Wildman–Crippen LogP) is -0.451. The van der Waals surface area contributed by atoms with E-state index in [0.717, 1.165) is 6.33 Å². The smallest absolute Gasteiger partial charge is 0.351 e. The molecule has 1 aromatic heterocycles. The second-order valence-corrected chi connectivity index (χ2v) is 5.25. The quantitative estimate of drug-likeness (QED) is 0.762. The Balaban J connectivity index is 2.42. The second-order valence-electron chi connectivity index (χ2n) is 3.92. The summed E-state index contributed by atoms with van der Waals surface area (Å²) in [6, 6.07) is 0. The number of alkyl halides is 2. The highest BCUT2D eigenvalue weighted by molar-refractivity contribution is 8.00. The molecule has 18 heavy (non-hydrogen) atoms. The molecule has 6 nitrogen and oxygen atoms in total. The van der Waals surface area contributed by atoms with Crippen LogP contribution in [0.15, 0.2) is 11.1 Å². The molecule has 0 spiro atoms. The number of aromatic nitrogens is 3. The number of thioether (sulfide) groups is 1. The second kappa shape index (κ2) is 4.56. The molecule has 0 saturated carbocycles. The molecule has 0 radical (unpaired) electrons. The van der Waals surface area contributed by atoms with Crippen molar-refractivity contribution < 1.29 is 19.0 Å². The highest BCUT2D eigenvalue weighted by atomic mass is 32.2. The van der Waals surface area contributed by atoms with Crippen molar-refractivity contribution in [1.82, 2.24) is 14.5 Å². The summed E-state index contributed by atoms with van der Waals surface area (Å²) < 4.78 is 28.3. The largest absolute Gasteiger partial charge is 0.395 e. The average Bonchev–Trinajstić information content (AvgIpc) is 2.52. The molecule has 0 amide bonds. The molecule has 0 aliphatic carbocycles. The fourth-order valence-electron chi connectivity index (χ4n) is 1.70. The number of aliphatic hydroxyl groups excluding tert-OH is 2. The van der Waals surface area contributed by atoms with Gasteiger partial charge in [0.15, 0.2) is 5.37 Å². The van der Waals surface area contributed by atoms with Crippen molar-refractivity contribution in [2.75, 3.05) is 6.61 Å². The van der Waals surface area contributed by atoms with E-state index in [4.69, 9.17) is 5.11 Å². The monoisotopic (exact) mass is 279 g/mol. The number of halogens is 2. The summed E-state index contributed by atoms with van der Waals surface area (Å²) in [5, 5.41) is 15.7. The zero-order chi connectivity index (χ0) is 13.5. The number of hydrogen-bond donors (Lipinski definition) is 2. The summed E-state index contributed by atoms with van der Waals surface area (Å²) in [6.07, 6.45) is -1.03. The topological polar surface area (TPSA) is 88.2 Å².